The van der Waals surface area contributed by atoms with E-state index in [-0.39, 0.29) is 24.2 Å². The fourth-order valence-corrected chi connectivity index (χ4v) is 3.57. The zero-order valence-electron chi connectivity index (χ0n) is 16.8. The van der Waals surface area contributed by atoms with E-state index in [2.05, 4.69) is 0 Å². The standard InChI is InChI=1S/C22H26N2O4/c1-15-8-10-18(11-9-15)24-14-17(12-20(24)25)22(26)23(2)13-16-6-5-7-19(27-3)21(16)28-4/h5-11,17H,12-14H2,1-4H3/t17-/m0/s1. The van der Waals surface area contributed by atoms with Gasteiger partial charge in [-0.25, -0.2) is 0 Å². The molecule has 1 aliphatic rings. The van der Waals surface area contributed by atoms with E-state index >= 15 is 0 Å². The third kappa shape index (κ3) is 3.96. The molecule has 3 rings (SSSR count). The molecule has 1 fully saturated rings. The fourth-order valence-electron chi connectivity index (χ4n) is 3.57. The maximum atomic E-state index is 13.0. The Balaban J connectivity index is 1.71. The van der Waals surface area contributed by atoms with E-state index in [1.165, 1.54) is 0 Å². The van der Waals surface area contributed by atoms with Crippen molar-refractivity contribution in [1.82, 2.24) is 4.90 Å². The summed E-state index contributed by atoms with van der Waals surface area (Å²) in [4.78, 5) is 28.8. The van der Waals surface area contributed by atoms with Crippen LogP contribution in [0.15, 0.2) is 42.5 Å². The van der Waals surface area contributed by atoms with Crippen LogP contribution >= 0.6 is 0 Å². The summed E-state index contributed by atoms with van der Waals surface area (Å²) < 4.78 is 10.8. The maximum Gasteiger partial charge on any atom is 0.228 e. The number of carbonyl (C=O) groups is 2. The number of hydrogen-bond acceptors (Lipinski definition) is 4. The molecule has 1 heterocycles. The summed E-state index contributed by atoms with van der Waals surface area (Å²) in [6.07, 6.45) is 0.228. The van der Waals surface area contributed by atoms with Crippen molar-refractivity contribution in [2.75, 3.05) is 32.7 Å². The number of anilines is 1. The normalized spacial score (nSPS) is 16.2. The second-order valence-electron chi connectivity index (χ2n) is 7.09. The Morgan fingerprint density at radius 1 is 1.14 bits per heavy atom. The molecule has 6 nitrogen and oxygen atoms in total. The van der Waals surface area contributed by atoms with E-state index in [9.17, 15) is 9.59 Å². The Bertz CT molecular complexity index is 863. The first-order chi connectivity index (χ1) is 13.4. The van der Waals surface area contributed by atoms with Crippen LogP contribution in [0, 0.1) is 12.8 Å². The SMILES string of the molecule is COc1cccc(CN(C)C(=O)[C@H]2CC(=O)N(c3ccc(C)cc3)C2)c1OC. The molecule has 28 heavy (non-hydrogen) atoms. The van der Waals surface area contributed by atoms with Gasteiger partial charge in [-0.15, -0.1) is 0 Å². The molecule has 2 amide bonds. The second kappa shape index (κ2) is 8.33. The van der Waals surface area contributed by atoms with Gasteiger partial charge in [-0.05, 0) is 25.1 Å². The quantitative estimate of drug-likeness (QED) is 0.771. The number of carbonyl (C=O) groups excluding carboxylic acids is 2. The summed E-state index contributed by atoms with van der Waals surface area (Å²) >= 11 is 0. The highest BCUT2D eigenvalue weighted by Gasteiger charge is 2.36. The van der Waals surface area contributed by atoms with Gasteiger partial charge < -0.3 is 19.3 Å². The fraction of sp³-hybridized carbons (Fsp3) is 0.364. The first kappa shape index (κ1) is 19.7. The molecule has 0 saturated carbocycles. The van der Waals surface area contributed by atoms with Crippen molar-refractivity contribution in [3.63, 3.8) is 0 Å². The Hall–Kier alpha value is -3.02. The molecule has 148 valence electrons. The predicted molar refractivity (Wildman–Crippen MR) is 108 cm³/mol. The van der Waals surface area contributed by atoms with Gasteiger partial charge in [0.1, 0.15) is 0 Å². The van der Waals surface area contributed by atoms with Crippen molar-refractivity contribution in [3.05, 3.63) is 53.6 Å². The number of nitrogens with zero attached hydrogens (tertiary/aromatic N) is 2. The monoisotopic (exact) mass is 382 g/mol. The van der Waals surface area contributed by atoms with E-state index in [1.54, 1.807) is 31.1 Å². The van der Waals surface area contributed by atoms with Crippen LogP contribution in [0.5, 0.6) is 11.5 Å². The molecule has 1 atom stereocenters. The zero-order chi connectivity index (χ0) is 20.3. The minimum atomic E-state index is -0.351. The van der Waals surface area contributed by atoms with Crippen LogP contribution in [0.3, 0.4) is 0 Å². The van der Waals surface area contributed by atoms with Crippen LogP contribution in [0.2, 0.25) is 0 Å². The van der Waals surface area contributed by atoms with Crippen molar-refractivity contribution in [3.8, 4) is 11.5 Å². The lowest BCUT2D eigenvalue weighted by Crippen LogP contribution is -2.34. The molecule has 0 radical (unpaired) electrons. The van der Waals surface area contributed by atoms with Gasteiger partial charge in [0.2, 0.25) is 11.8 Å². The predicted octanol–water partition coefficient (Wildman–Crippen LogP) is 3.02. The topological polar surface area (TPSA) is 59.1 Å². The largest absolute Gasteiger partial charge is 0.493 e. The molecule has 0 spiro atoms. The molecule has 0 unspecified atom stereocenters. The van der Waals surface area contributed by atoms with Gasteiger partial charge in [-0.1, -0.05) is 29.8 Å². The lowest BCUT2D eigenvalue weighted by atomic mass is 10.1. The van der Waals surface area contributed by atoms with Gasteiger partial charge in [-0.3, -0.25) is 9.59 Å². The minimum absolute atomic E-state index is 0.0189. The molecule has 0 N–H and O–H groups in total. The molecule has 6 heteroatoms. The average Bonchev–Trinajstić information content (AvgIpc) is 3.09. The molecular weight excluding hydrogens is 356 g/mol. The van der Waals surface area contributed by atoms with Gasteiger partial charge in [0.25, 0.3) is 0 Å². The Kier molecular flexibility index (Phi) is 5.87. The number of hydrogen-bond donors (Lipinski definition) is 0. The van der Waals surface area contributed by atoms with E-state index < -0.39 is 0 Å². The highest BCUT2D eigenvalue weighted by molar-refractivity contribution is 6.00. The summed E-state index contributed by atoms with van der Waals surface area (Å²) in [5.41, 5.74) is 2.83. The molecular formula is C22H26N2O4. The van der Waals surface area contributed by atoms with Crippen molar-refractivity contribution >= 4 is 17.5 Å². The Morgan fingerprint density at radius 2 is 1.86 bits per heavy atom. The first-order valence-electron chi connectivity index (χ1n) is 9.26. The number of methoxy groups -OCH3 is 2. The number of ether oxygens (including phenoxy) is 2. The number of para-hydroxylation sites is 1. The van der Waals surface area contributed by atoms with Crippen LogP contribution in [-0.4, -0.2) is 44.5 Å². The van der Waals surface area contributed by atoms with Gasteiger partial charge in [-0.2, -0.15) is 0 Å². The lowest BCUT2D eigenvalue weighted by molar-refractivity contribution is -0.135. The van der Waals surface area contributed by atoms with Crippen LogP contribution in [0.1, 0.15) is 17.5 Å². The third-order valence-electron chi connectivity index (χ3n) is 5.09. The Morgan fingerprint density at radius 3 is 2.50 bits per heavy atom. The summed E-state index contributed by atoms with van der Waals surface area (Å²) in [7, 11) is 4.92. The van der Waals surface area contributed by atoms with Crippen molar-refractivity contribution in [1.29, 1.82) is 0 Å². The van der Waals surface area contributed by atoms with E-state index in [1.807, 2.05) is 49.4 Å². The number of benzene rings is 2. The van der Waals surface area contributed by atoms with E-state index in [0.717, 1.165) is 16.8 Å². The van der Waals surface area contributed by atoms with Crippen LogP contribution < -0.4 is 14.4 Å². The molecule has 1 saturated heterocycles. The van der Waals surface area contributed by atoms with Crippen LogP contribution in [0.4, 0.5) is 5.69 Å². The molecule has 1 aliphatic heterocycles. The maximum absolute atomic E-state index is 13.0. The highest BCUT2D eigenvalue weighted by Crippen LogP contribution is 2.32. The molecule has 0 aromatic heterocycles. The summed E-state index contributed by atoms with van der Waals surface area (Å²) in [5.74, 6) is 0.827. The summed E-state index contributed by atoms with van der Waals surface area (Å²) in [6, 6.07) is 13.4. The van der Waals surface area contributed by atoms with E-state index in [0.29, 0.717) is 24.6 Å². The van der Waals surface area contributed by atoms with Gasteiger partial charge in [0, 0.05) is 37.8 Å². The average molecular weight is 382 g/mol. The van der Waals surface area contributed by atoms with E-state index in [4.69, 9.17) is 9.47 Å². The summed E-state index contributed by atoms with van der Waals surface area (Å²) in [5, 5.41) is 0. The van der Waals surface area contributed by atoms with Crippen LogP contribution in [0.25, 0.3) is 0 Å². The van der Waals surface area contributed by atoms with Gasteiger partial charge >= 0.3 is 0 Å². The van der Waals surface area contributed by atoms with Crippen molar-refractivity contribution < 1.29 is 19.1 Å². The molecule has 0 bridgehead atoms. The van der Waals surface area contributed by atoms with Gasteiger partial charge in [0.15, 0.2) is 11.5 Å². The zero-order valence-corrected chi connectivity index (χ0v) is 16.8. The highest BCUT2D eigenvalue weighted by atomic mass is 16.5. The lowest BCUT2D eigenvalue weighted by Gasteiger charge is -2.23. The molecule has 2 aromatic rings. The second-order valence-corrected chi connectivity index (χ2v) is 7.09. The number of amides is 2. The minimum Gasteiger partial charge on any atom is -0.493 e. The molecule has 0 aliphatic carbocycles. The van der Waals surface area contributed by atoms with Crippen molar-refractivity contribution in [2.24, 2.45) is 5.92 Å². The Labute approximate surface area is 165 Å². The van der Waals surface area contributed by atoms with Gasteiger partial charge in [0.05, 0.1) is 20.1 Å². The van der Waals surface area contributed by atoms with Crippen molar-refractivity contribution in [2.45, 2.75) is 19.9 Å². The smallest absolute Gasteiger partial charge is 0.228 e. The van der Waals surface area contributed by atoms with Crippen LogP contribution in [-0.2, 0) is 16.1 Å². The summed E-state index contributed by atoms with van der Waals surface area (Å²) in [6.45, 7) is 2.79. The molecule has 2 aromatic carbocycles. The number of rotatable bonds is 6. The first-order valence-corrected chi connectivity index (χ1v) is 9.26. The third-order valence-corrected chi connectivity index (χ3v) is 5.09. The number of aryl methyl sites for hydroxylation is 1.